The summed E-state index contributed by atoms with van der Waals surface area (Å²) in [5.74, 6) is 0.168. The lowest BCUT2D eigenvalue weighted by atomic mass is 10.1. The van der Waals surface area contributed by atoms with Crippen molar-refractivity contribution in [2.24, 2.45) is 0 Å². The van der Waals surface area contributed by atoms with E-state index in [1.54, 1.807) is 0 Å². The number of ether oxygens (including phenoxy) is 2. The number of esters is 1. The third-order valence-electron chi connectivity index (χ3n) is 3.52. The number of hydrogen-bond acceptors (Lipinski definition) is 5. The Kier molecular flexibility index (Phi) is 3.75. The number of methoxy groups -OCH3 is 1. The fourth-order valence-electron chi connectivity index (χ4n) is 2.44. The van der Waals surface area contributed by atoms with Gasteiger partial charge in [0.2, 0.25) is 11.7 Å². The monoisotopic (exact) mass is 287 g/mol. The van der Waals surface area contributed by atoms with Crippen LogP contribution in [0.3, 0.4) is 0 Å². The number of carbonyl (C=O) groups is 1. The first-order chi connectivity index (χ1) is 10.2. The van der Waals surface area contributed by atoms with Crippen molar-refractivity contribution >= 4 is 5.97 Å². The fraction of sp³-hybridized carbons (Fsp3) is 0.375. The van der Waals surface area contributed by atoms with E-state index < -0.39 is 5.97 Å². The Morgan fingerprint density at radius 2 is 2.14 bits per heavy atom. The van der Waals surface area contributed by atoms with E-state index in [0.717, 1.165) is 17.5 Å². The van der Waals surface area contributed by atoms with Gasteiger partial charge in [-0.15, -0.1) is 0 Å². The minimum atomic E-state index is -0.485. The lowest BCUT2D eigenvalue weighted by molar-refractivity contribution is 0.0564. The Morgan fingerprint density at radius 3 is 2.90 bits per heavy atom. The minimum absolute atomic E-state index is 0.200. The highest BCUT2D eigenvalue weighted by Gasteiger charge is 2.22. The summed E-state index contributed by atoms with van der Waals surface area (Å²) in [5.41, 5.74) is 3.83. The molecule has 0 aliphatic carbocycles. The van der Waals surface area contributed by atoms with Gasteiger partial charge in [-0.05, 0) is 29.7 Å². The molecule has 0 fully saturated rings. The molecule has 0 unspecified atom stereocenters. The van der Waals surface area contributed by atoms with Crippen molar-refractivity contribution in [2.45, 2.75) is 33.0 Å². The number of nitrogens with zero attached hydrogens (tertiary/aromatic N) is 1. The first-order valence-corrected chi connectivity index (χ1v) is 7.01. The average molecular weight is 287 g/mol. The number of hydrogen-bond donors (Lipinski definition) is 0. The Hall–Kier alpha value is -2.14. The molecule has 1 aromatic heterocycles. The van der Waals surface area contributed by atoms with E-state index in [9.17, 15) is 4.79 Å². The zero-order valence-electron chi connectivity index (χ0n) is 12.1. The maximum Gasteiger partial charge on any atom is 0.376 e. The summed E-state index contributed by atoms with van der Waals surface area (Å²) in [5, 5.41) is 0. The van der Waals surface area contributed by atoms with E-state index in [1.165, 1.54) is 12.7 Å². The van der Waals surface area contributed by atoms with Crippen LogP contribution in [0.1, 0.15) is 40.7 Å². The van der Waals surface area contributed by atoms with Crippen LogP contribution < -0.4 is 0 Å². The van der Waals surface area contributed by atoms with E-state index in [2.05, 4.69) is 4.98 Å². The molecule has 1 aliphatic rings. The zero-order valence-corrected chi connectivity index (χ0v) is 12.1. The van der Waals surface area contributed by atoms with Crippen LogP contribution in [0, 0.1) is 0 Å². The van der Waals surface area contributed by atoms with Gasteiger partial charge in [-0.3, -0.25) is 0 Å². The summed E-state index contributed by atoms with van der Waals surface area (Å²) in [7, 11) is 1.34. The standard InChI is InChI=1S/C16H17NO4/c1-3-4-13-14(16(18)19-2)21-15(17-13)10-5-6-11-8-20-9-12(11)7-10/h5-7H,3-4,8-9H2,1-2H3. The molecule has 1 aliphatic heterocycles. The van der Waals surface area contributed by atoms with Crippen molar-refractivity contribution in [1.82, 2.24) is 4.98 Å². The predicted octanol–water partition coefficient (Wildman–Crippen LogP) is 3.11. The second kappa shape index (κ2) is 5.69. The molecule has 0 radical (unpaired) electrons. The zero-order chi connectivity index (χ0) is 14.8. The minimum Gasteiger partial charge on any atom is -0.463 e. The van der Waals surface area contributed by atoms with Gasteiger partial charge in [0.1, 0.15) is 0 Å². The number of benzene rings is 1. The normalized spacial score (nSPS) is 13.2. The van der Waals surface area contributed by atoms with Crippen LogP contribution in [0.2, 0.25) is 0 Å². The second-order valence-corrected chi connectivity index (χ2v) is 5.01. The summed E-state index contributed by atoms with van der Waals surface area (Å²) in [6, 6.07) is 5.96. The van der Waals surface area contributed by atoms with Gasteiger partial charge >= 0.3 is 5.97 Å². The van der Waals surface area contributed by atoms with Crippen LogP contribution in [-0.4, -0.2) is 18.1 Å². The maximum atomic E-state index is 11.8. The number of aromatic nitrogens is 1. The van der Waals surface area contributed by atoms with Crippen LogP contribution in [0.25, 0.3) is 11.5 Å². The van der Waals surface area contributed by atoms with Crippen molar-refractivity contribution in [3.8, 4) is 11.5 Å². The summed E-state index contributed by atoms with van der Waals surface area (Å²) in [6.07, 6.45) is 1.57. The molecule has 0 spiro atoms. The largest absolute Gasteiger partial charge is 0.463 e. The number of rotatable bonds is 4. The number of fused-ring (bicyclic) bond motifs is 1. The molecule has 110 valence electrons. The van der Waals surface area contributed by atoms with Gasteiger partial charge in [-0.2, -0.15) is 0 Å². The molecule has 3 rings (SSSR count). The summed E-state index contributed by atoms with van der Waals surface area (Å²) in [4.78, 5) is 16.2. The van der Waals surface area contributed by atoms with Crippen molar-refractivity contribution in [3.05, 3.63) is 40.8 Å². The topological polar surface area (TPSA) is 61.6 Å². The Balaban J connectivity index is 2.00. The van der Waals surface area contributed by atoms with Crippen LogP contribution in [0.4, 0.5) is 0 Å². The lowest BCUT2D eigenvalue weighted by Gasteiger charge is -1.99. The molecule has 0 bridgehead atoms. The second-order valence-electron chi connectivity index (χ2n) is 5.01. The van der Waals surface area contributed by atoms with Crippen molar-refractivity contribution in [3.63, 3.8) is 0 Å². The molecule has 1 aromatic carbocycles. The molecular weight excluding hydrogens is 270 g/mol. The van der Waals surface area contributed by atoms with Gasteiger partial charge in [0, 0.05) is 5.56 Å². The highest BCUT2D eigenvalue weighted by Crippen LogP contribution is 2.28. The molecule has 21 heavy (non-hydrogen) atoms. The van der Waals surface area contributed by atoms with Crippen LogP contribution in [0.15, 0.2) is 22.6 Å². The van der Waals surface area contributed by atoms with Gasteiger partial charge in [0.15, 0.2) is 0 Å². The van der Waals surface area contributed by atoms with Crippen LogP contribution >= 0.6 is 0 Å². The average Bonchev–Trinajstić information content (AvgIpc) is 3.12. The van der Waals surface area contributed by atoms with E-state index in [1.807, 2.05) is 25.1 Å². The van der Waals surface area contributed by atoms with Gasteiger partial charge in [0.05, 0.1) is 26.0 Å². The number of aryl methyl sites for hydroxylation is 1. The summed E-state index contributed by atoms with van der Waals surface area (Å²) >= 11 is 0. The van der Waals surface area contributed by atoms with Crippen molar-refractivity contribution in [2.75, 3.05) is 7.11 Å². The Bertz CT molecular complexity index is 675. The Morgan fingerprint density at radius 1 is 1.33 bits per heavy atom. The van der Waals surface area contributed by atoms with Gasteiger partial charge in [-0.1, -0.05) is 19.4 Å². The van der Waals surface area contributed by atoms with Gasteiger partial charge < -0.3 is 13.9 Å². The van der Waals surface area contributed by atoms with E-state index in [4.69, 9.17) is 13.9 Å². The highest BCUT2D eigenvalue weighted by atomic mass is 16.5. The van der Waals surface area contributed by atoms with Gasteiger partial charge in [-0.25, -0.2) is 9.78 Å². The Labute approximate surface area is 122 Å². The third kappa shape index (κ3) is 2.56. The molecule has 0 N–H and O–H groups in total. The van der Waals surface area contributed by atoms with Crippen LogP contribution in [0.5, 0.6) is 0 Å². The predicted molar refractivity (Wildman–Crippen MR) is 75.8 cm³/mol. The first-order valence-electron chi connectivity index (χ1n) is 7.01. The molecule has 0 saturated heterocycles. The molecule has 0 amide bonds. The molecule has 5 nitrogen and oxygen atoms in total. The van der Waals surface area contributed by atoms with Gasteiger partial charge in [0.25, 0.3) is 0 Å². The van der Waals surface area contributed by atoms with E-state index in [-0.39, 0.29) is 5.76 Å². The summed E-state index contributed by atoms with van der Waals surface area (Å²) in [6.45, 7) is 3.29. The van der Waals surface area contributed by atoms with E-state index in [0.29, 0.717) is 31.2 Å². The highest BCUT2D eigenvalue weighted by molar-refractivity contribution is 5.88. The molecular formula is C16H17NO4. The third-order valence-corrected chi connectivity index (χ3v) is 3.52. The SMILES string of the molecule is CCCc1nc(-c2ccc3c(c2)COC3)oc1C(=O)OC. The molecule has 2 heterocycles. The van der Waals surface area contributed by atoms with Crippen molar-refractivity contribution < 1.29 is 18.7 Å². The molecule has 5 heteroatoms. The van der Waals surface area contributed by atoms with Crippen LogP contribution in [-0.2, 0) is 29.1 Å². The summed E-state index contributed by atoms with van der Waals surface area (Å²) < 4.78 is 15.8. The number of oxazole rings is 1. The molecule has 0 saturated carbocycles. The smallest absolute Gasteiger partial charge is 0.376 e. The molecule has 0 atom stereocenters. The molecule has 2 aromatic rings. The van der Waals surface area contributed by atoms with E-state index >= 15 is 0 Å². The number of carbonyl (C=O) groups excluding carboxylic acids is 1. The first kappa shape index (κ1) is 13.8. The fourth-order valence-corrected chi connectivity index (χ4v) is 2.44. The quantitative estimate of drug-likeness (QED) is 0.808. The lowest BCUT2D eigenvalue weighted by Crippen LogP contribution is -2.03. The maximum absolute atomic E-state index is 11.8. The van der Waals surface area contributed by atoms with Crippen molar-refractivity contribution in [1.29, 1.82) is 0 Å².